The van der Waals surface area contributed by atoms with E-state index in [0.29, 0.717) is 41.3 Å². The molecule has 0 fully saturated rings. The lowest BCUT2D eigenvalue weighted by Gasteiger charge is -2.19. The van der Waals surface area contributed by atoms with Crippen molar-refractivity contribution in [3.05, 3.63) is 82.1 Å². The summed E-state index contributed by atoms with van der Waals surface area (Å²) in [6.07, 6.45) is 5.26. The molecular formula is C29H29F2N3O3. The molecule has 192 valence electrons. The van der Waals surface area contributed by atoms with E-state index in [2.05, 4.69) is 5.32 Å². The van der Waals surface area contributed by atoms with Crippen molar-refractivity contribution in [2.75, 3.05) is 0 Å². The van der Waals surface area contributed by atoms with Crippen molar-refractivity contribution in [2.24, 2.45) is 11.8 Å². The Morgan fingerprint density at radius 3 is 2.30 bits per heavy atom. The molecule has 1 heterocycles. The van der Waals surface area contributed by atoms with E-state index in [1.54, 1.807) is 30.3 Å². The maximum atomic E-state index is 13.5. The number of carboxylic acids is 1. The molecule has 0 spiro atoms. The van der Waals surface area contributed by atoms with Gasteiger partial charge in [0.15, 0.2) is 0 Å². The number of benzene rings is 2. The summed E-state index contributed by atoms with van der Waals surface area (Å²) in [5, 5.41) is 13.3. The SMILES string of the molecule is C[C@H](CCc1nc2c(nc1-c1ccc(F)cc1)=CCC(C(=O)N[C@H](C)c1ccc(F)cc1)C=2)CC(=O)O. The Morgan fingerprint density at radius 2 is 1.65 bits per heavy atom. The fourth-order valence-corrected chi connectivity index (χ4v) is 4.40. The van der Waals surface area contributed by atoms with E-state index < -0.39 is 11.9 Å². The Labute approximate surface area is 213 Å². The number of carbonyl (C=O) groups excluding carboxylic acids is 1. The van der Waals surface area contributed by atoms with Gasteiger partial charge in [0.25, 0.3) is 0 Å². The minimum absolute atomic E-state index is 0.0542. The van der Waals surface area contributed by atoms with Gasteiger partial charge in [0.05, 0.1) is 34.0 Å². The fourth-order valence-electron chi connectivity index (χ4n) is 4.40. The van der Waals surface area contributed by atoms with Crippen LogP contribution in [0.2, 0.25) is 0 Å². The van der Waals surface area contributed by atoms with Crippen LogP contribution in [0.15, 0.2) is 48.5 Å². The zero-order valence-electron chi connectivity index (χ0n) is 20.7. The first-order valence-corrected chi connectivity index (χ1v) is 12.3. The van der Waals surface area contributed by atoms with Gasteiger partial charge in [0.2, 0.25) is 5.91 Å². The van der Waals surface area contributed by atoms with Crippen molar-refractivity contribution in [1.29, 1.82) is 0 Å². The molecule has 37 heavy (non-hydrogen) atoms. The number of fused-ring (bicyclic) bond motifs is 1. The van der Waals surface area contributed by atoms with Crippen LogP contribution in [0.1, 0.15) is 50.4 Å². The highest BCUT2D eigenvalue weighted by molar-refractivity contribution is 5.85. The molecule has 1 aliphatic rings. The molecule has 6 nitrogen and oxygen atoms in total. The van der Waals surface area contributed by atoms with Crippen LogP contribution in [0, 0.1) is 23.5 Å². The molecule has 0 bridgehead atoms. The van der Waals surface area contributed by atoms with E-state index in [0.717, 1.165) is 11.1 Å². The van der Waals surface area contributed by atoms with Gasteiger partial charge < -0.3 is 10.4 Å². The molecule has 3 aromatic rings. The molecule has 1 unspecified atom stereocenters. The van der Waals surface area contributed by atoms with Gasteiger partial charge in [-0.3, -0.25) is 9.59 Å². The van der Waals surface area contributed by atoms with Gasteiger partial charge in [-0.2, -0.15) is 0 Å². The molecule has 1 aromatic heterocycles. The van der Waals surface area contributed by atoms with Gasteiger partial charge in [-0.1, -0.05) is 25.1 Å². The molecular weight excluding hydrogens is 476 g/mol. The Bertz CT molecular complexity index is 1410. The summed E-state index contributed by atoms with van der Waals surface area (Å²) in [6.45, 7) is 3.72. The number of halogens is 2. The fraction of sp³-hybridized carbons (Fsp3) is 0.310. The van der Waals surface area contributed by atoms with Crippen molar-refractivity contribution >= 4 is 24.0 Å². The smallest absolute Gasteiger partial charge is 0.303 e. The number of carboxylic acid groups (broad SMARTS) is 1. The van der Waals surface area contributed by atoms with Gasteiger partial charge in [-0.25, -0.2) is 18.7 Å². The predicted octanol–water partition coefficient (Wildman–Crippen LogP) is 3.92. The lowest BCUT2D eigenvalue weighted by molar-refractivity contribution is -0.138. The van der Waals surface area contributed by atoms with Crippen molar-refractivity contribution in [3.63, 3.8) is 0 Å². The lowest BCUT2D eigenvalue weighted by Crippen LogP contribution is -2.40. The van der Waals surface area contributed by atoms with Crippen molar-refractivity contribution in [2.45, 2.75) is 45.6 Å². The standard InChI is InChI=1S/C29H29F2N3O3/c1-17(15-27(35)36)3-13-25-28(20-6-11-23(31)12-7-20)34-24-14-8-21(16-26(24)33-25)29(37)32-18(2)19-4-9-22(30)10-5-19/h4-7,9-12,14,16-18,21H,3,8,13,15H2,1-2H3,(H,32,37)(H,35,36)/t17-,18-,21?/m1/s1. The van der Waals surface area contributed by atoms with E-state index >= 15 is 0 Å². The minimum Gasteiger partial charge on any atom is -0.481 e. The Balaban J connectivity index is 1.61. The number of nitrogens with zero attached hydrogens (tertiary/aromatic N) is 2. The monoisotopic (exact) mass is 505 g/mol. The lowest BCUT2D eigenvalue weighted by atomic mass is 9.96. The predicted molar refractivity (Wildman–Crippen MR) is 136 cm³/mol. The van der Waals surface area contributed by atoms with E-state index in [4.69, 9.17) is 15.1 Å². The molecule has 4 rings (SSSR count). The van der Waals surface area contributed by atoms with Crippen molar-refractivity contribution in [3.8, 4) is 11.3 Å². The van der Waals surface area contributed by atoms with Crippen molar-refractivity contribution in [1.82, 2.24) is 15.3 Å². The summed E-state index contributed by atoms with van der Waals surface area (Å²) in [5.74, 6) is -2.21. The molecule has 0 radical (unpaired) electrons. The van der Waals surface area contributed by atoms with Crippen LogP contribution in [0.3, 0.4) is 0 Å². The van der Waals surface area contributed by atoms with Gasteiger partial charge in [-0.05, 0) is 80.1 Å². The summed E-state index contributed by atoms with van der Waals surface area (Å²) in [4.78, 5) is 33.7. The summed E-state index contributed by atoms with van der Waals surface area (Å²) >= 11 is 0. The molecule has 0 aliphatic heterocycles. The summed E-state index contributed by atoms with van der Waals surface area (Å²) in [6, 6.07) is 11.8. The van der Waals surface area contributed by atoms with Gasteiger partial charge in [-0.15, -0.1) is 0 Å². The summed E-state index contributed by atoms with van der Waals surface area (Å²) < 4.78 is 26.8. The molecule has 1 amide bonds. The second kappa shape index (κ2) is 11.4. The zero-order valence-corrected chi connectivity index (χ0v) is 20.7. The molecule has 2 N–H and O–H groups in total. The van der Waals surface area contributed by atoms with Crippen LogP contribution in [0.4, 0.5) is 8.78 Å². The Hall–Kier alpha value is -3.94. The first kappa shape index (κ1) is 26.1. The highest BCUT2D eigenvalue weighted by atomic mass is 19.1. The third-order valence-electron chi connectivity index (χ3n) is 6.53. The average molecular weight is 506 g/mol. The van der Waals surface area contributed by atoms with Gasteiger partial charge in [0, 0.05) is 12.0 Å². The van der Waals surface area contributed by atoms with Crippen LogP contribution >= 0.6 is 0 Å². The van der Waals surface area contributed by atoms with Crippen LogP contribution in [0.5, 0.6) is 0 Å². The van der Waals surface area contributed by atoms with Crippen molar-refractivity contribution < 1.29 is 23.5 Å². The summed E-state index contributed by atoms with van der Waals surface area (Å²) in [5.41, 5.74) is 2.82. The zero-order chi connectivity index (χ0) is 26.5. The normalized spacial score (nSPS) is 16.1. The molecule has 3 atom stereocenters. The number of nitrogens with one attached hydrogen (secondary N) is 1. The quantitative estimate of drug-likeness (QED) is 0.460. The maximum absolute atomic E-state index is 13.5. The maximum Gasteiger partial charge on any atom is 0.303 e. The first-order chi connectivity index (χ1) is 17.7. The third-order valence-corrected chi connectivity index (χ3v) is 6.53. The number of aryl methyl sites for hydroxylation is 1. The van der Waals surface area contributed by atoms with E-state index in [9.17, 15) is 18.4 Å². The number of amides is 1. The number of hydrogen-bond acceptors (Lipinski definition) is 4. The van der Waals surface area contributed by atoms with E-state index in [1.165, 1.54) is 24.3 Å². The van der Waals surface area contributed by atoms with Crippen LogP contribution in [-0.2, 0) is 16.0 Å². The number of aliphatic carboxylic acids is 1. The highest BCUT2D eigenvalue weighted by Crippen LogP contribution is 2.22. The van der Waals surface area contributed by atoms with Crippen LogP contribution in [-0.4, -0.2) is 27.0 Å². The Morgan fingerprint density at radius 1 is 1.00 bits per heavy atom. The number of aromatic nitrogens is 2. The molecule has 0 saturated carbocycles. The Kier molecular flexibility index (Phi) is 8.06. The molecule has 1 aliphatic carbocycles. The molecule has 2 aromatic carbocycles. The highest BCUT2D eigenvalue weighted by Gasteiger charge is 2.21. The first-order valence-electron chi connectivity index (χ1n) is 12.3. The molecule has 0 saturated heterocycles. The minimum atomic E-state index is -0.852. The number of carbonyl (C=O) groups is 2. The number of rotatable bonds is 9. The summed E-state index contributed by atoms with van der Waals surface area (Å²) in [7, 11) is 0. The van der Waals surface area contributed by atoms with Gasteiger partial charge in [0.1, 0.15) is 11.6 Å². The van der Waals surface area contributed by atoms with Crippen LogP contribution < -0.4 is 16.0 Å². The average Bonchev–Trinajstić information content (AvgIpc) is 2.87. The topological polar surface area (TPSA) is 92.2 Å². The van der Waals surface area contributed by atoms with E-state index in [-0.39, 0.29) is 35.9 Å². The van der Waals surface area contributed by atoms with Crippen LogP contribution in [0.25, 0.3) is 23.4 Å². The largest absolute Gasteiger partial charge is 0.481 e. The third kappa shape index (κ3) is 6.64. The second-order valence-electron chi connectivity index (χ2n) is 9.53. The number of hydrogen-bond donors (Lipinski definition) is 2. The second-order valence-corrected chi connectivity index (χ2v) is 9.53. The molecule has 8 heteroatoms. The van der Waals surface area contributed by atoms with E-state index in [1.807, 2.05) is 19.9 Å². The van der Waals surface area contributed by atoms with Gasteiger partial charge >= 0.3 is 5.97 Å².